The van der Waals surface area contributed by atoms with Crippen molar-refractivity contribution in [3.05, 3.63) is 28.8 Å². The molecule has 116 valence electrons. The van der Waals surface area contributed by atoms with Crippen LogP contribution in [0.15, 0.2) is 12.1 Å². The third-order valence-electron chi connectivity index (χ3n) is 2.92. The van der Waals surface area contributed by atoms with Gasteiger partial charge in [-0.05, 0) is 52.7 Å². The molecule has 1 aromatic rings. The van der Waals surface area contributed by atoms with Crippen molar-refractivity contribution in [1.29, 1.82) is 0 Å². The second kappa shape index (κ2) is 6.74. The Bertz CT molecular complexity index is 518. The number of anilines is 1. The van der Waals surface area contributed by atoms with Gasteiger partial charge in [-0.15, -0.1) is 0 Å². The van der Waals surface area contributed by atoms with Crippen LogP contribution in [0.4, 0.5) is 5.69 Å². The highest BCUT2D eigenvalue weighted by atomic mass is 16.6. The van der Waals surface area contributed by atoms with Gasteiger partial charge in [0.05, 0.1) is 6.42 Å². The molecular formula is C17H25NO3. The fraction of sp³-hybridized carbons (Fsp3) is 0.529. The molecule has 0 aliphatic carbocycles. The van der Waals surface area contributed by atoms with Crippen molar-refractivity contribution in [3.8, 4) is 0 Å². The van der Waals surface area contributed by atoms with E-state index in [1.54, 1.807) is 0 Å². The van der Waals surface area contributed by atoms with Crippen LogP contribution in [-0.4, -0.2) is 17.5 Å². The summed E-state index contributed by atoms with van der Waals surface area (Å²) in [6.07, 6.45) is 0.217. The van der Waals surface area contributed by atoms with Crippen LogP contribution in [0.5, 0.6) is 0 Å². The Labute approximate surface area is 126 Å². The number of carbonyl (C=O) groups is 2. The minimum atomic E-state index is -0.516. The van der Waals surface area contributed by atoms with Gasteiger partial charge in [0.1, 0.15) is 5.60 Å². The van der Waals surface area contributed by atoms with E-state index in [0.717, 1.165) is 22.4 Å². The lowest BCUT2D eigenvalue weighted by molar-refractivity contribution is -0.155. The molecule has 0 aliphatic heterocycles. The van der Waals surface area contributed by atoms with Crippen LogP contribution in [0.3, 0.4) is 0 Å². The zero-order valence-corrected chi connectivity index (χ0v) is 13.8. The van der Waals surface area contributed by atoms with Crippen molar-refractivity contribution < 1.29 is 14.3 Å². The molecule has 1 N–H and O–H groups in total. The van der Waals surface area contributed by atoms with Crippen LogP contribution < -0.4 is 5.32 Å². The Kier molecular flexibility index (Phi) is 5.53. The summed E-state index contributed by atoms with van der Waals surface area (Å²) in [5.41, 5.74) is 3.53. The van der Waals surface area contributed by atoms with E-state index in [1.165, 1.54) is 0 Å². The Morgan fingerprint density at radius 3 is 2.05 bits per heavy atom. The van der Waals surface area contributed by atoms with Crippen LogP contribution in [0, 0.1) is 20.8 Å². The first-order chi connectivity index (χ1) is 9.58. The minimum absolute atomic E-state index is 0.0903. The second-order valence-corrected chi connectivity index (χ2v) is 6.41. The first kappa shape index (κ1) is 17.2. The first-order valence-corrected chi connectivity index (χ1v) is 7.18. The second-order valence-electron chi connectivity index (χ2n) is 6.41. The zero-order chi connectivity index (χ0) is 16.2. The minimum Gasteiger partial charge on any atom is -0.460 e. The third kappa shape index (κ3) is 5.98. The number of esters is 1. The number of aryl methyl sites for hydroxylation is 3. The van der Waals surface area contributed by atoms with Crippen LogP contribution >= 0.6 is 0 Å². The van der Waals surface area contributed by atoms with Crippen LogP contribution in [0.25, 0.3) is 0 Å². The summed E-state index contributed by atoms with van der Waals surface area (Å²) in [5.74, 6) is -0.522. The Hall–Kier alpha value is -1.84. The van der Waals surface area contributed by atoms with Gasteiger partial charge in [-0.2, -0.15) is 0 Å². The average Bonchev–Trinajstić information content (AvgIpc) is 2.29. The molecule has 1 rings (SSSR count). The van der Waals surface area contributed by atoms with Crippen molar-refractivity contribution in [1.82, 2.24) is 0 Å². The van der Waals surface area contributed by atoms with Gasteiger partial charge in [-0.1, -0.05) is 17.7 Å². The number of benzene rings is 1. The Morgan fingerprint density at radius 2 is 1.57 bits per heavy atom. The summed E-state index contributed by atoms with van der Waals surface area (Å²) < 4.78 is 5.18. The summed E-state index contributed by atoms with van der Waals surface area (Å²) in [6.45, 7) is 11.4. The quantitative estimate of drug-likeness (QED) is 0.861. The van der Waals surface area contributed by atoms with Gasteiger partial charge in [-0.3, -0.25) is 9.59 Å². The predicted molar refractivity (Wildman–Crippen MR) is 84.4 cm³/mol. The van der Waals surface area contributed by atoms with Crippen molar-refractivity contribution in [3.63, 3.8) is 0 Å². The van der Waals surface area contributed by atoms with E-state index in [1.807, 2.05) is 53.7 Å². The van der Waals surface area contributed by atoms with Gasteiger partial charge in [0.15, 0.2) is 0 Å². The molecule has 4 nitrogen and oxygen atoms in total. The highest BCUT2D eigenvalue weighted by Gasteiger charge is 2.17. The summed E-state index contributed by atoms with van der Waals surface area (Å²) in [6, 6.07) is 4.05. The normalized spacial score (nSPS) is 11.1. The van der Waals surface area contributed by atoms with E-state index in [9.17, 15) is 9.59 Å². The number of nitrogens with one attached hydrogen (secondary N) is 1. The van der Waals surface area contributed by atoms with Crippen molar-refractivity contribution >= 4 is 17.6 Å². The SMILES string of the molecule is Cc1cc(C)c(NC(=O)CCC(=O)OC(C)(C)C)c(C)c1. The van der Waals surface area contributed by atoms with Gasteiger partial charge >= 0.3 is 5.97 Å². The van der Waals surface area contributed by atoms with E-state index in [0.29, 0.717) is 0 Å². The van der Waals surface area contributed by atoms with Gasteiger partial charge in [-0.25, -0.2) is 0 Å². The summed E-state index contributed by atoms with van der Waals surface area (Å²) >= 11 is 0. The van der Waals surface area contributed by atoms with Gasteiger partial charge in [0, 0.05) is 12.1 Å². The standard InChI is InChI=1S/C17H25NO3/c1-11-9-12(2)16(13(3)10-11)18-14(19)7-8-15(20)21-17(4,5)6/h9-10H,7-8H2,1-6H3,(H,18,19). The number of rotatable bonds is 4. The Morgan fingerprint density at radius 1 is 1.05 bits per heavy atom. The largest absolute Gasteiger partial charge is 0.460 e. The molecule has 0 atom stereocenters. The van der Waals surface area contributed by atoms with E-state index < -0.39 is 5.60 Å². The van der Waals surface area contributed by atoms with E-state index >= 15 is 0 Å². The smallest absolute Gasteiger partial charge is 0.306 e. The lowest BCUT2D eigenvalue weighted by Crippen LogP contribution is -2.24. The van der Waals surface area contributed by atoms with Crippen LogP contribution in [-0.2, 0) is 14.3 Å². The van der Waals surface area contributed by atoms with Crippen molar-refractivity contribution in [2.75, 3.05) is 5.32 Å². The molecule has 1 aromatic carbocycles. The molecule has 0 aromatic heterocycles. The molecule has 1 amide bonds. The molecular weight excluding hydrogens is 266 g/mol. The maximum atomic E-state index is 12.0. The van der Waals surface area contributed by atoms with Gasteiger partial charge in [0.2, 0.25) is 5.91 Å². The summed E-state index contributed by atoms with van der Waals surface area (Å²) in [7, 11) is 0. The number of amides is 1. The highest BCUT2D eigenvalue weighted by molar-refractivity contribution is 5.94. The number of ether oxygens (including phenoxy) is 1. The molecule has 0 unspecified atom stereocenters. The number of carbonyl (C=O) groups excluding carboxylic acids is 2. The van der Waals surface area contributed by atoms with Crippen LogP contribution in [0.2, 0.25) is 0 Å². The molecule has 0 radical (unpaired) electrons. The molecule has 0 saturated carbocycles. The van der Waals surface area contributed by atoms with Gasteiger partial charge in [0.25, 0.3) is 0 Å². The van der Waals surface area contributed by atoms with Crippen molar-refractivity contribution in [2.45, 2.75) is 60.0 Å². The molecule has 0 heterocycles. The lowest BCUT2D eigenvalue weighted by Gasteiger charge is -2.19. The monoisotopic (exact) mass is 291 g/mol. The topological polar surface area (TPSA) is 55.4 Å². The molecule has 4 heteroatoms. The third-order valence-corrected chi connectivity index (χ3v) is 2.92. The first-order valence-electron chi connectivity index (χ1n) is 7.18. The average molecular weight is 291 g/mol. The lowest BCUT2D eigenvalue weighted by atomic mass is 10.0. The number of hydrogen-bond donors (Lipinski definition) is 1. The molecule has 0 aliphatic rings. The molecule has 0 bridgehead atoms. The maximum absolute atomic E-state index is 12.0. The van der Waals surface area contributed by atoms with E-state index in [2.05, 4.69) is 5.32 Å². The van der Waals surface area contributed by atoms with E-state index in [-0.39, 0.29) is 24.7 Å². The zero-order valence-electron chi connectivity index (χ0n) is 13.8. The molecule has 0 spiro atoms. The Balaban J connectivity index is 2.57. The van der Waals surface area contributed by atoms with Gasteiger partial charge < -0.3 is 10.1 Å². The fourth-order valence-corrected chi connectivity index (χ4v) is 2.19. The van der Waals surface area contributed by atoms with Crippen molar-refractivity contribution in [2.24, 2.45) is 0 Å². The van der Waals surface area contributed by atoms with Crippen LogP contribution in [0.1, 0.15) is 50.3 Å². The summed E-state index contributed by atoms with van der Waals surface area (Å²) in [5, 5.41) is 2.88. The predicted octanol–water partition coefficient (Wildman–Crippen LogP) is 3.67. The summed E-state index contributed by atoms with van der Waals surface area (Å²) in [4.78, 5) is 23.5. The maximum Gasteiger partial charge on any atom is 0.306 e. The highest BCUT2D eigenvalue weighted by Crippen LogP contribution is 2.22. The molecule has 0 saturated heterocycles. The van der Waals surface area contributed by atoms with E-state index in [4.69, 9.17) is 4.74 Å². The fourth-order valence-electron chi connectivity index (χ4n) is 2.19. The molecule has 0 fully saturated rings. The number of hydrogen-bond acceptors (Lipinski definition) is 3. The molecule has 21 heavy (non-hydrogen) atoms.